The van der Waals surface area contributed by atoms with Crippen LogP contribution in [0.2, 0.25) is 19.6 Å². The number of hydrogen-bond donors (Lipinski definition) is 0. The monoisotopic (exact) mass is 496 g/mol. The standard InChI is InChI=1S/C32H27F3Si/c1-36(2,3)31-18-14-23(15-19-31)22-4-6-24(7-5-22)26-8-10-29-21-27(9-11-28(29)20-26)25-12-16-30(17-13-25)32(33,34)35/h4-21H,1-3H3. The number of halogens is 3. The second kappa shape index (κ2) is 9.10. The molecule has 0 radical (unpaired) electrons. The second-order valence-electron chi connectivity index (χ2n) is 10.3. The summed E-state index contributed by atoms with van der Waals surface area (Å²) in [7, 11) is -1.31. The fraction of sp³-hybridized carbons (Fsp3) is 0.125. The molecule has 0 bridgehead atoms. The molecule has 0 aromatic heterocycles. The number of hydrogen-bond acceptors (Lipinski definition) is 0. The Bertz CT molecular complexity index is 1510. The van der Waals surface area contributed by atoms with Crippen LogP contribution in [0.5, 0.6) is 0 Å². The maximum Gasteiger partial charge on any atom is 0.416 e. The van der Waals surface area contributed by atoms with Gasteiger partial charge in [0.25, 0.3) is 0 Å². The highest BCUT2D eigenvalue weighted by Gasteiger charge is 2.30. The first-order valence-electron chi connectivity index (χ1n) is 12.0. The van der Waals surface area contributed by atoms with Crippen LogP contribution in [-0.2, 0) is 6.18 Å². The molecule has 0 aliphatic rings. The molecular formula is C32H27F3Si. The van der Waals surface area contributed by atoms with E-state index in [9.17, 15) is 13.2 Å². The fourth-order valence-electron chi connectivity index (χ4n) is 4.47. The van der Waals surface area contributed by atoms with Gasteiger partial charge in [-0.05, 0) is 68.4 Å². The van der Waals surface area contributed by atoms with Gasteiger partial charge in [0.2, 0.25) is 0 Å². The summed E-state index contributed by atoms with van der Waals surface area (Å²) in [6.07, 6.45) is -4.32. The minimum absolute atomic E-state index is 0.633. The maximum absolute atomic E-state index is 12.9. The van der Waals surface area contributed by atoms with E-state index in [-0.39, 0.29) is 0 Å². The number of rotatable bonds is 4. The summed E-state index contributed by atoms with van der Waals surface area (Å²) >= 11 is 0. The summed E-state index contributed by atoms with van der Waals surface area (Å²) in [5, 5.41) is 3.60. The van der Waals surface area contributed by atoms with Crippen molar-refractivity contribution < 1.29 is 13.2 Å². The Morgan fingerprint density at radius 3 is 1.17 bits per heavy atom. The molecule has 0 N–H and O–H groups in total. The maximum atomic E-state index is 12.9. The molecular weight excluding hydrogens is 469 g/mol. The fourth-order valence-corrected chi connectivity index (χ4v) is 5.64. The number of benzene rings is 5. The Kier molecular flexibility index (Phi) is 6.09. The molecule has 0 aliphatic carbocycles. The second-order valence-corrected chi connectivity index (χ2v) is 15.3. The summed E-state index contributed by atoms with van der Waals surface area (Å²) in [4.78, 5) is 0. The van der Waals surface area contributed by atoms with Gasteiger partial charge in [0.15, 0.2) is 0 Å². The first-order valence-corrected chi connectivity index (χ1v) is 15.5. The lowest BCUT2D eigenvalue weighted by Crippen LogP contribution is -2.37. The molecule has 0 saturated heterocycles. The minimum Gasteiger partial charge on any atom is -0.166 e. The summed E-state index contributed by atoms with van der Waals surface area (Å²) in [5.41, 5.74) is 5.72. The van der Waals surface area contributed by atoms with Crippen LogP contribution in [0.25, 0.3) is 44.2 Å². The first kappa shape index (κ1) is 24.1. The minimum atomic E-state index is -4.32. The van der Waals surface area contributed by atoms with Gasteiger partial charge in [-0.1, -0.05) is 110 Å². The molecule has 4 heteroatoms. The van der Waals surface area contributed by atoms with Gasteiger partial charge in [0.1, 0.15) is 0 Å². The third kappa shape index (κ3) is 5.00. The topological polar surface area (TPSA) is 0 Å². The Labute approximate surface area is 211 Å². The molecule has 5 aromatic rings. The third-order valence-electron chi connectivity index (χ3n) is 6.69. The SMILES string of the molecule is C[Si](C)(C)c1ccc(-c2ccc(-c3ccc4cc(-c5ccc(C(F)(F)F)cc5)ccc4c3)cc2)cc1. The van der Waals surface area contributed by atoms with Crippen molar-refractivity contribution in [1.29, 1.82) is 0 Å². The molecule has 0 atom stereocenters. The molecule has 0 nitrogen and oxygen atoms in total. The van der Waals surface area contributed by atoms with Crippen molar-refractivity contribution in [2.45, 2.75) is 25.8 Å². The Morgan fingerprint density at radius 2 is 0.778 bits per heavy atom. The van der Waals surface area contributed by atoms with Crippen molar-refractivity contribution in [3.63, 3.8) is 0 Å². The Morgan fingerprint density at radius 1 is 0.444 bits per heavy atom. The zero-order valence-electron chi connectivity index (χ0n) is 20.5. The lowest BCUT2D eigenvalue weighted by atomic mass is 9.96. The van der Waals surface area contributed by atoms with Crippen molar-refractivity contribution in [3.8, 4) is 33.4 Å². The van der Waals surface area contributed by atoms with E-state index in [4.69, 9.17) is 0 Å². The molecule has 5 rings (SSSR count). The van der Waals surface area contributed by atoms with Crippen LogP contribution in [0.3, 0.4) is 0 Å². The van der Waals surface area contributed by atoms with Gasteiger partial charge in [-0.15, -0.1) is 0 Å². The highest BCUT2D eigenvalue weighted by Crippen LogP contribution is 2.33. The first-order chi connectivity index (χ1) is 17.1. The highest BCUT2D eigenvalue weighted by molar-refractivity contribution is 6.88. The van der Waals surface area contributed by atoms with Crippen molar-refractivity contribution >= 4 is 24.0 Å². The summed E-state index contributed by atoms with van der Waals surface area (Å²) < 4.78 is 38.6. The molecule has 0 unspecified atom stereocenters. The van der Waals surface area contributed by atoms with Crippen molar-refractivity contribution in [2.24, 2.45) is 0 Å². The average molecular weight is 497 g/mol. The van der Waals surface area contributed by atoms with Crippen LogP contribution in [0.15, 0.2) is 109 Å². The van der Waals surface area contributed by atoms with Gasteiger partial charge in [-0.2, -0.15) is 13.2 Å². The molecule has 0 spiro atoms. The van der Waals surface area contributed by atoms with Crippen LogP contribution >= 0.6 is 0 Å². The summed E-state index contributed by atoms with van der Waals surface area (Å²) in [6, 6.07) is 35.2. The lowest BCUT2D eigenvalue weighted by molar-refractivity contribution is -0.137. The molecule has 0 aliphatic heterocycles. The molecule has 0 fully saturated rings. The van der Waals surface area contributed by atoms with Gasteiger partial charge in [-0.3, -0.25) is 0 Å². The van der Waals surface area contributed by atoms with Crippen molar-refractivity contribution in [3.05, 3.63) is 115 Å². The molecule has 0 saturated carbocycles. The van der Waals surface area contributed by atoms with E-state index in [1.807, 2.05) is 18.2 Å². The van der Waals surface area contributed by atoms with E-state index in [1.165, 1.54) is 28.4 Å². The molecule has 0 heterocycles. The third-order valence-corrected chi connectivity index (χ3v) is 8.75. The van der Waals surface area contributed by atoms with E-state index in [2.05, 4.69) is 86.4 Å². The van der Waals surface area contributed by atoms with E-state index in [0.29, 0.717) is 0 Å². The zero-order valence-corrected chi connectivity index (χ0v) is 21.5. The predicted octanol–water partition coefficient (Wildman–Crippen LogP) is 9.40. The summed E-state index contributed by atoms with van der Waals surface area (Å²) in [6.45, 7) is 7.07. The van der Waals surface area contributed by atoms with Gasteiger partial charge in [-0.25, -0.2) is 0 Å². The zero-order chi connectivity index (χ0) is 25.5. The van der Waals surface area contributed by atoms with Crippen LogP contribution in [0.4, 0.5) is 13.2 Å². The van der Waals surface area contributed by atoms with Crippen LogP contribution < -0.4 is 5.19 Å². The van der Waals surface area contributed by atoms with E-state index in [1.54, 1.807) is 0 Å². The predicted molar refractivity (Wildman–Crippen MR) is 148 cm³/mol. The van der Waals surface area contributed by atoms with Gasteiger partial charge in [0, 0.05) is 0 Å². The van der Waals surface area contributed by atoms with Crippen molar-refractivity contribution in [2.75, 3.05) is 0 Å². The van der Waals surface area contributed by atoms with Gasteiger partial charge in [0.05, 0.1) is 13.6 Å². The molecule has 180 valence electrons. The number of fused-ring (bicyclic) bond motifs is 1. The van der Waals surface area contributed by atoms with E-state index < -0.39 is 19.8 Å². The van der Waals surface area contributed by atoms with E-state index in [0.717, 1.165) is 45.2 Å². The Hall–Kier alpha value is -3.63. The van der Waals surface area contributed by atoms with Crippen LogP contribution in [0.1, 0.15) is 5.56 Å². The normalized spacial score (nSPS) is 12.2. The quantitative estimate of drug-likeness (QED) is 0.217. The lowest BCUT2D eigenvalue weighted by Gasteiger charge is -2.16. The van der Waals surface area contributed by atoms with Gasteiger partial charge >= 0.3 is 6.18 Å². The Balaban J connectivity index is 1.38. The highest BCUT2D eigenvalue weighted by atomic mass is 28.3. The smallest absolute Gasteiger partial charge is 0.166 e. The molecule has 0 amide bonds. The average Bonchev–Trinajstić information content (AvgIpc) is 2.87. The summed E-state index contributed by atoms with van der Waals surface area (Å²) in [5.74, 6) is 0. The molecule has 36 heavy (non-hydrogen) atoms. The van der Waals surface area contributed by atoms with Crippen LogP contribution in [0, 0.1) is 0 Å². The van der Waals surface area contributed by atoms with Crippen LogP contribution in [-0.4, -0.2) is 8.07 Å². The van der Waals surface area contributed by atoms with Gasteiger partial charge < -0.3 is 0 Å². The van der Waals surface area contributed by atoms with Crippen molar-refractivity contribution in [1.82, 2.24) is 0 Å². The largest absolute Gasteiger partial charge is 0.416 e. The molecule has 5 aromatic carbocycles. The van der Waals surface area contributed by atoms with E-state index >= 15 is 0 Å². The number of alkyl halides is 3.